The van der Waals surface area contributed by atoms with Gasteiger partial charge in [-0.2, -0.15) is 0 Å². The van der Waals surface area contributed by atoms with Gasteiger partial charge >= 0.3 is 0 Å². The molecule has 1 amide bonds. The summed E-state index contributed by atoms with van der Waals surface area (Å²) in [5.74, 6) is 0.610. The molecule has 4 heteroatoms. The van der Waals surface area contributed by atoms with Crippen LogP contribution in [0.15, 0.2) is 0 Å². The van der Waals surface area contributed by atoms with E-state index in [1.807, 2.05) is 11.8 Å². The second-order valence-electron chi connectivity index (χ2n) is 6.10. The Balaban J connectivity index is 2.10. The summed E-state index contributed by atoms with van der Waals surface area (Å²) < 4.78 is 0. The Morgan fingerprint density at radius 1 is 1.20 bits per heavy atom. The van der Waals surface area contributed by atoms with Crippen molar-refractivity contribution in [3.8, 4) is 0 Å². The third kappa shape index (κ3) is 6.51. The predicted octanol–water partition coefficient (Wildman–Crippen LogP) is 2.51. The van der Waals surface area contributed by atoms with Crippen LogP contribution in [-0.2, 0) is 9.59 Å². The van der Waals surface area contributed by atoms with Crippen molar-refractivity contribution in [3.05, 3.63) is 0 Å². The number of carbonyl (C=O) groups is 2. The highest BCUT2D eigenvalue weighted by molar-refractivity contribution is 5.78. The van der Waals surface area contributed by atoms with Crippen LogP contribution in [0, 0.1) is 0 Å². The molecule has 1 heterocycles. The molecule has 1 unspecified atom stereocenters. The Hall–Kier alpha value is -0.900. The topological polar surface area (TPSA) is 49.4 Å². The van der Waals surface area contributed by atoms with Crippen molar-refractivity contribution >= 4 is 11.7 Å². The number of hydrogen-bond acceptors (Lipinski definition) is 3. The van der Waals surface area contributed by atoms with Crippen molar-refractivity contribution < 1.29 is 9.59 Å². The normalized spacial score (nSPS) is 18.8. The molecule has 1 rings (SSSR count). The number of nitrogens with zero attached hydrogens (tertiary/aromatic N) is 1. The van der Waals surface area contributed by atoms with Gasteiger partial charge in [0.2, 0.25) is 5.91 Å². The maximum absolute atomic E-state index is 12.1. The van der Waals surface area contributed by atoms with E-state index in [0.717, 1.165) is 38.8 Å². The third-order valence-corrected chi connectivity index (χ3v) is 3.85. The Bertz CT molecular complexity index is 316. The second kappa shape index (κ2) is 9.11. The molecule has 0 aliphatic carbocycles. The zero-order valence-electron chi connectivity index (χ0n) is 13.3. The maximum atomic E-state index is 12.1. The summed E-state index contributed by atoms with van der Waals surface area (Å²) in [7, 11) is 0. The van der Waals surface area contributed by atoms with Crippen molar-refractivity contribution in [1.82, 2.24) is 10.2 Å². The van der Waals surface area contributed by atoms with E-state index in [4.69, 9.17) is 0 Å². The summed E-state index contributed by atoms with van der Waals surface area (Å²) in [5.41, 5.74) is 0. The molecule has 0 saturated carbocycles. The minimum absolute atomic E-state index is 0.278. The average molecular weight is 282 g/mol. The van der Waals surface area contributed by atoms with Crippen LogP contribution in [0.2, 0.25) is 0 Å². The lowest BCUT2D eigenvalue weighted by atomic mass is 10.1. The van der Waals surface area contributed by atoms with Crippen molar-refractivity contribution in [2.45, 2.75) is 77.8 Å². The van der Waals surface area contributed by atoms with Crippen LogP contribution in [-0.4, -0.2) is 41.8 Å². The molecule has 0 aromatic heterocycles. The SMILES string of the molecule is CCC(=O)CCCCCC(=O)N1CCC(NC(C)C)C1. The van der Waals surface area contributed by atoms with Crippen LogP contribution in [0.25, 0.3) is 0 Å². The summed E-state index contributed by atoms with van der Waals surface area (Å²) in [6, 6.07) is 0.937. The molecule has 0 aromatic carbocycles. The van der Waals surface area contributed by atoms with Crippen molar-refractivity contribution in [2.75, 3.05) is 13.1 Å². The first-order valence-corrected chi connectivity index (χ1v) is 8.08. The fourth-order valence-electron chi connectivity index (χ4n) is 2.70. The van der Waals surface area contributed by atoms with E-state index in [2.05, 4.69) is 19.2 Å². The largest absolute Gasteiger partial charge is 0.341 e. The number of rotatable bonds is 9. The fourth-order valence-corrected chi connectivity index (χ4v) is 2.70. The van der Waals surface area contributed by atoms with Gasteiger partial charge in [0.05, 0.1) is 0 Å². The van der Waals surface area contributed by atoms with Gasteiger partial charge in [0.25, 0.3) is 0 Å². The van der Waals surface area contributed by atoms with Gasteiger partial charge in [-0.25, -0.2) is 0 Å². The lowest BCUT2D eigenvalue weighted by Crippen LogP contribution is -2.38. The molecule has 0 bridgehead atoms. The molecule has 0 spiro atoms. The number of carbonyl (C=O) groups excluding carboxylic acids is 2. The van der Waals surface area contributed by atoms with Crippen LogP contribution in [0.3, 0.4) is 0 Å². The molecule has 1 saturated heterocycles. The summed E-state index contributed by atoms with van der Waals surface area (Å²) in [6.07, 6.45) is 5.83. The first-order chi connectivity index (χ1) is 9.52. The lowest BCUT2D eigenvalue weighted by molar-refractivity contribution is -0.130. The van der Waals surface area contributed by atoms with E-state index in [9.17, 15) is 9.59 Å². The monoisotopic (exact) mass is 282 g/mol. The Kier molecular flexibility index (Phi) is 7.82. The molecule has 0 radical (unpaired) electrons. The maximum Gasteiger partial charge on any atom is 0.222 e. The number of nitrogens with one attached hydrogen (secondary N) is 1. The molecule has 1 aliphatic rings. The molecular formula is C16H30N2O2. The first-order valence-electron chi connectivity index (χ1n) is 8.08. The van der Waals surface area contributed by atoms with Gasteiger partial charge in [-0.15, -0.1) is 0 Å². The molecule has 1 aliphatic heterocycles. The highest BCUT2D eigenvalue weighted by atomic mass is 16.2. The van der Waals surface area contributed by atoms with E-state index in [1.165, 1.54) is 0 Å². The van der Waals surface area contributed by atoms with Crippen LogP contribution >= 0.6 is 0 Å². The van der Waals surface area contributed by atoms with Crippen LogP contribution in [0.5, 0.6) is 0 Å². The first kappa shape index (κ1) is 17.2. The number of amides is 1. The van der Waals surface area contributed by atoms with E-state index in [-0.39, 0.29) is 5.91 Å². The number of likely N-dealkylation sites (tertiary alicyclic amines) is 1. The molecule has 116 valence electrons. The molecule has 20 heavy (non-hydrogen) atoms. The van der Waals surface area contributed by atoms with Gasteiger partial charge in [0, 0.05) is 44.4 Å². The number of hydrogen-bond donors (Lipinski definition) is 1. The third-order valence-electron chi connectivity index (χ3n) is 3.85. The minimum atomic E-state index is 0.278. The van der Waals surface area contributed by atoms with Gasteiger partial charge in [-0.3, -0.25) is 9.59 Å². The van der Waals surface area contributed by atoms with Crippen LogP contribution in [0.4, 0.5) is 0 Å². The van der Waals surface area contributed by atoms with E-state index in [0.29, 0.717) is 37.1 Å². The van der Waals surface area contributed by atoms with Gasteiger partial charge in [-0.1, -0.05) is 27.2 Å². The molecule has 1 atom stereocenters. The zero-order valence-corrected chi connectivity index (χ0v) is 13.3. The lowest BCUT2D eigenvalue weighted by Gasteiger charge is -2.18. The Morgan fingerprint density at radius 3 is 2.55 bits per heavy atom. The summed E-state index contributed by atoms with van der Waals surface area (Å²) in [6.45, 7) is 7.92. The molecule has 0 aromatic rings. The van der Waals surface area contributed by atoms with Gasteiger partial charge in [-0.05, 0) is 19.3 Å². The molecular weight excluding hydrogens is 252 g/mol. The number of ketones is 1. The number of unbranched alkanes of at least 4 members (excludes halogenated alkanes) is 2. The predicted molar refractivity (Wildman–Crippen MR) is 81.6 cm³/mol. The van der Waals surface area contributed by atoms with Gasteiger partial charge < -0.3 is 10.2 Å². The van der Waals surface area contributed by atoms with Crippen molar-refractivity contribution in [1.29, 1.82) is 0 Å². The smallest absolute Gasteiger partial charge is 0.222 e. The standard InChI is InChI=1S/C16H30N2O2/c1-4-15(19)8-6-5-7-9-16(20)18-11-10-14(12-18)17-13(2)3/h13-14,17H,4-12H2,1-3H3. The Labute approximate surface area is 123 Å². The minimum Gasteiger partial charge on any atom is -0.341 e. The summed E-state index contributed by atoms with van der Waals surface area (Å²) in [4.78, 5) is 25.2. The van der Waals surface area contributed by atoms with E-state index in [1.54, 1.807) is 0 Å². The molecule has 4 nitrogen and oxygen atoms in total. The van der Waals surface area contributed by atoms with E-state index < -0.39 is 0 Å². The van der Waals surface area contributed by atoms with Crippen LogP contribution < -0.4 is 5.32 Å². The van der Waals surface area contributed by atoms with Gasteiger partial charge in [0.1, 0.15) is 5.78 Å². The summed E-state index contributed by atoms with van der Waals surface area (Å²) in [5, 5.41) is 3.49. The van der Waals surface area contributed by atoms with Gasteiger partial charge in [0.15, 0.2) is 0 Å². The molecule has 1 N–H and O–H groups in total. The quantitative estimate of drug-likeness (QED) is 0.661. The number of Topliss-reactive ketones (excluding diaryl/α,β-unsaturated/α-hetero) is 1. The molecule has 1 fully saturated rings. The van der Waals surface area contributed by atoms with E-state index >= 15 is 0 Å². The highest BCUT2D eigenvalue weighted by Crippen LogP contribution is 2.13. The Morgan fingerprint density at radius 2 is 1.90 bits per heavy atom. The van der Waals surface area contributed by atoms with Crippen LogP contribution in [0.1, 0.15) is 65.7 Å². The van der Waals surface area contributed by atoms with Crippen molar-refractivity contribution in [2.24, 2.45) is 0 Å². The second-order valence-corrected chi connectivity index (χ2v) is 6.10. The fraction of sp³-hybridized carbons (Fsp3) is 0.875. The summed E-state index contributed by atoms with van der Waals surface area (Å²) >= 11 is 0. The van der Waals surface area contributed by atoms with Crippen molar-refractivity contribution in [3.63, 3.8) is 0 Å². The highest BCUT2D eigenvalue weighted by Gasteiger charge is 2.25. The average Bonchev–Trinajstić information content (AvgIpc) is 2.85. The zero-order chi connectivity index (χ0) is 15.0.